The quantitative estimate of drug-likeness (QED) is 0.663. The molecule has 28 heavy (non-hydrogen) atoms. The zero-order chi connectivity index (χ0) is 19.9. The zero-order valence-corrected chi connectivity index (χ0v) is 16.2. The first kappa shape index (κ1) is 19.4. The van der Waals surface area contributed by atoms with Gasteiger partial charge in [0.1, 0.15) is 0 Å². The maximum atomic E-state index is 12.2. The van der Waals surface area contributed by atoms with Crippen LogP contribution in [0.1, 0.15) is 12.5 Å². The summed E-state index contributed by atoms with van der Waals surface area (Å²) in [6.07, 6.45) is 0.833. The number of benzene rings is 3. The lowest BCUT2D eigenvalue weighted by Crippen LogP contribution is -2.39. The topological polar surface area (TPSA) is 61.4 Å². The SMILES string of the molecule is CCc1ccccc1NC(=O)CNC(=O)CN(C)c1ccc2ccccc2c1. The van der Waals surface area contributed by atoms with E-state index in [9.17, 15) is 9.59 Å². The maximum Gasteiger partial charge on any atom is 0.243 e. The number of hydrogen-bond acceptors (Lipinski definition) is 3. The fourth-order valence-corrected chi connectivity index (χ4v) is 3.10. The summed E-state index contributed by atoms with van der Waals surface area (Å²) in [5, 5.41) is 7.83. The lowest BCUT2D eigenvalue weighted by atomic mass is 10.1. The number of nitrogens with one attached hydrogen (secondary N) is 2. The van der Waals surface area contributed by atoms with Crippen molar-refractivity contribution < 1.29 is 9.59 Å². The van der Waals surface area contributed by atoms with Crippen LogP contribution in [0.4, 0.5) is 11.4 Å². The van der Waals surface area contributed by atoms with Crippen LogP contribution in [0.15, 0.2) is 66.7 Å². The molecule has 0 saturated carbocycles. The third-order valence-electron chi connectivity index (χ3n) is 4.67. The van der Waals surface area contributed by atoms with E-state index >= 15 is 0 Å². The van der Waals surface area contributed by atoms with Crippen LogP contribution in [0.5, 0.6) is 0 Å². The van der Waals surface area contributed by atoms with Gasteiger partial charge >= 0.3 is 0 Å². The van der Waals surface area contributed by atoms with Crippen LogP contribution in [0.25, 0.3) is 10.8 Å². The predicted molar refractivity (Wildman–Crippen MR) is 115 cm³/mol. The number of fused-ring (bicyclic) bond motifs is 1. The normalized spacial score (nSPS) is 10.5. The molecule has 0 aromatic heterocycles. The number of para-hydroxylation sites is 1. The van der Waals surface area contributed by atoms with Crippen LogP contribution in [-0.2, 0) is 16.0 Å². The second kappa shape index (κ2) is 9.04. The Balaban J connectivity index is 1.52. The average Bonchev–Trinajstić information content (AvgIpc) is 2.72. The predicted octanol–water partition coefficient (Wildman–Crippen LogP) is 3.59. The number of carbonyl (C=O) groups is 2. The Morgan fingerprint density at radius 1 is 0.893 bits per heavy atom. The number of amides is 2. The van der Waals surface area contributed by atoms with E-state index < -0.39 is 0 Å². The molecule has 0 aliphatic heterocycles. The standard InChI is InChI=1S/C23H25N3O2/c1-3-17-8-6-7-11-21(17)25-22(27)15-24-23(28)16-26(2)20-13-12-18-9-4-5-10-19(18)14-20/h4-14H,3,15-16H2,1-2H3,(H,24,28)(H,25,27). The molecule has 0 atom stereocenters. The Bertz CT molecular complexity index is 984. The van der Waals surface area contributed by atoms with Gasteiger partial charge in [0.15, 0.2) is 0 Å². The Hall–Kier alpha value is -3.34. The summed E-state index contributed by atoms with van der Waals surface area (Å²) in [5.41, 5.74) is 2.81. The van der Waals surface area contributed by atoms with Crippen molar-refractivity contribution in [3.05, 3.63) is 72.3 Å². The van der Waals surface area contributed by atoms with E-state index in [1.165, 1.54) is 0 Å². The van der Waals surface area contributed by atoms with Gasteiger partial charge in [0.05, 0.1) is 13.1 Å². The molecule has 144 valence electrons. The lowest BCUT2D eigenvalue weighted by Gasteiger charge is -2.19. The molecule has 2 N–H and O–H groups in total. The molecule has 0 spiro atoms. The minimum Gasteiger partial charge on any atom is -0.365 e. The molecule has 0 unspecified atom stereocenters. The Morgan fingerprint density at radius 2 is 1.61 bits per heavy atom. The van der Waals surface area contributed by atoms with Crippen LogP contribution in [-0.4, -0.2) is 32.0 Å². The first-order chi connectivity index (χ1) is 13.6. The number of carbonyl (C=O) groups excluding carboxylic acids is 2. The van der Waals surface area contributed by atoms with Crippen molar-refractivity contribution >= 4 is 34.0 Å². The number of anilines is 2. The molecule has 0 bridgehead atoms. The highest BCUT2D eigenvalue weighted by Gasteiger charge is 2.11. The highest BCUT2D eigenvalue weighted by molar-refractivity contribution is 5.95. The third kappa shape index (κ3) is 4.88. The molecular formula is C23H25N3O2. The van der Waals surface area contributed by atoms with E-state index in [1.807, 2.05) is 73.5 Å². The van der Waals surface area contributed by atoms with Crippen LogP contribution < -0.4 is 15.5 Å². The van der Waals surface area contributed by atoms with Crippen molar-refractivity contribution in [2.75, 3.05) is 30.4 Å². The summed E-state index contributed by atoms with van der Waals surface area (Å²) >= 11 is 0. The zero-order valence-electron chi connectivity index (χ0n) is 16.2. The van der Waals surface area contributed by atoms with Gasteiger partial charge in [-0.15, -0.1) is 0 Å². The third-order valence-corrected chi connectivity index (χ3v) is 4.67. The number of rotatable bonds is 7. The largest absolute Gasteiger partial charge is 0.365 e. The van der Waals surface area contributed by atoms with Gasteiger partial charge in [0, 0.05) is 18.4 Å². The van der Waals surface area contributed by atoms with Crippen LogP contribution >= 0.6 is 0 Å². The summed E-state index contributed by atoms with van der Waals surface area (Å²) in [5.74, 6) is -0.433. The van der Waals surface area contributed by atoms with Crippen molar-refractivity contribution in [1.82, 2.24) is 5.32 Å². The molecular weight excluding hydrogens is 350 g/mol. The summed E-state index contributed by atoms with van der Waals surface area (Å²) in [4.78, 5) is 26.3. The second-order valence-corrected chi connectivity index (χ2v) is 6.72. The van der Waals surface area contributed by atoms with Gasteiger partial charge in [-0.1, -0.05) is 55.5 Å². The van der Waals surface area contributed by atoms with Crippen molar-refractivity contribution in [3.8, 4) is 0 Å². The molecule has 5 nitrogen and oxygen atoms in total. The van der Waals surface area contributed by atoms with E-state index in [2.05, 4.69) is 22.8 Å². The molecule has 0 saturated heterocycles. The number of aryl methyl sites for hydroxylation is 1. The highest BCUT2D eigenvalue weighted by Crippen LogP contribution is 2.21. The molecule has 3 rings (SSSR count). The number of likely N-dealkylation sites (N-methyl/N-ethyl adjacent to an activating group) is 1. The van der Waals surface area contributed by atoms with Gasteiger partial charge in [0.25, 0.3) is 0 Å². The Morgan fingerprint density at radius 3 is 2.39 bits per heavy atom. The second-order valence-electron chi connectivity index (χ2n) is 6.72. The summed E-state index contributed by atoms with van der Waals surface area (Å²) in [6.45, 7) is 2.16. The van der Waals surface area contributed by atoms with Gasteiger partial charge in [-0.05, 0) is 41.0 Å². The molecule has 2 amide bonds. The minimum absolute atomic E-state index is 0.0531. The monoisotopic (exact) mass is 375 g/mol. The number of nitrogens with zero attached hydrogens (tertiary/aromatic N) is 1. The smallest absolute Gasteiger partial charge is 0.243 e. The molecule has 0 aliphatic rings. The molecule has 0 radical (unpaired) electrons. The van der Waals surface area contributed by atoms with E-state index in [1.54, 1.807) is 0 Å². The molecule has 0 aliphatic carbocycles. The fourth-order valence-electron chi connectivity index (χ4n) is 3.10. The van der Waals surface area contributed by atoms with E-state index in [0.29, 0.717) is 0 Å². The average molecular weight is 375 g/mol. The van der Waals surface area contributed by atoms with E-state index in [4.69, 9.17) is 0 Å². The van der Waals surface area contributed by atoms with Crippen molar-refractivity contribution in [2.45, 2.75) is 13.3 Å². The summed E-state index contributed by atoms with van der Waals surface area (Å²) in [6, 6.07) is 21.9. The van der Waals surface area contributed by atoms with Crippen LogP contribution in [0, 0.1) is 0 Å². The molecule has 0 fully saturated rings. The summed E-state index contributed by atoms with van der Waals surface area (Å²) < 4.78 is 0. The minimum atomic E-state index is -0.234. The van der Waals surface area contributed by atoms with E-state index in [-0.39, 0.29) is 24.9 Å². The van der Waals surface area contributed by atoms with Crippen LogP contribution in [0.3, 0.4) is 0 Å². The van der Waals surface area contributed by atoms with Crippen LogP contribution in [0.2, 0.25) is 0 Å². The van der Waals surface area contributed by atoms with Gasteiger partial charge in [0.2, 0.25) is 11.8 Å². The first-order valence-electron chi connectivity index (χ1n) is 9.41. The van der Waals surface area contributed by atoms with Gasteiger partial charge in [-0.3, -0.25) is 9.59 Å². The van der Waals surface area contributed by atoms with Gasteiger partial charge < -0.3 is 15.5 Å². The first-order valence-corrected chi connectivity index (χ1v) is 9.41. The fraction of sp³-hybridized carbons (Fsp3) is 0.217. The van der Waals surface area contributed by atoms with Gasteiger partial charge in [-0.25, -0.2) is 0 Å². The maximum absolute atomic E-state index is 12.2. The van der Waals surface area contributed by atoms with Crippen molar-refractivity contribution in [3.63, 3.8) is 0 Å². The summed E-state index contributed by atoms with van der Waals surface area (Å²) in [7, 11) is 1.86. The number of hydrogen-bond donors (Lipinski definition) is 2. The van der Waals surface area contributed by atoms with Gasteiger partial charge in [-0.2, -0.15) is 0 Å². The van der Waals surface area contributed by atoms with Crippen molar-refractivity contribution in [2.24, 2.45) is 0 Å². The molecule has 0 heterocycles. The van der Waals surface area contributed by atoms with Crippen molar-refractivity contribution in [1.29, 1.82) is 0 Å². The molecule has 3 aromatic carbocycles. The lowest BCUT2D eigenvalue weighted by molar-refractivity contribution is -0.123. The molecule has 3 aromatic rings. The molecule has 5 heteroatoms. The highest BCUT2D eigenvalue weighted by atomic mass is 16.2. The Labute approximate surface area is 165 Å². The Kier molecular flexibility index (Phi) is 6.27. The van der Waals surface area contributed by atoms with E-state index in [0.717, 1.165) is 34.1 Å².